The molecule has 0 heterocycles. The summed E-state index contributed by atoms with van der Waals surface area (Å²) in [5.41, 5.74) is -1.24. The minimum Gasteiger partial charge on any atom is 0 e. The Hall–Kier alpha value is -1.24. The number of carboxylic acid groups (broad SMARTS) is 5. The molecule has 12 heteroatoms. The molecule has 10 nitrogen and oxygen atoms in total. The van der Waals surface area contributed by atoms with E-state index in [4.69, 9.17) is 35.1 Å². The number of rotatable bonds is 3. The topological polar surface area (TPSA) is 186 Å². The smallest absolute Gasteiger partial charge is 0 e. The van der Waals surface area contributed by atoms with Crippen molar-refractivity contribution in [3.63, 3.8) is 0 Å². The molecule has 0 fully saturated rings. The number of benzene rings is 1. The van der Waals surface area contributed by atoms with Gasteiger partial charge in [0.15, 0.2) is 0 Å². The number of hydrogen-bond acceptors (Lipinski definition) is 5. The van der Waals surface area contributed by atoms with Crippen LogP contribution in [0.4, 0.5) is 0 Å². The molecule has 0 aliphatic heterocycles. The van der Waals surface area contributed by atoms with Crippen LogP contribution in [0.3, 0.4) is 0 Å². The second-order valence-electron chi connectivity index (χ2n) is 3.29. The van der Waals surface area contributed by atoms with Gasteiger partial charge in [-0.1, -0.05) is 0 Å². The van der Waals surface area contributed by atoms with Crippen molar-refractivity contribution in [1.29, 1.82) is 0 Å². The van der Waals surface area contributed by atoms with E-state index in [2.05, 4.69) is 0 Å². The van der Waals surface area contributed by atoms with E-state index in [9.17, 15) is 14.4 Å². The van der Waals surface area contributed by atoms with Gasteiger partial charge in [-0.3, -0.25) is 0 Å². The maximum atomic E-state index is 10.6. The summed E-state index contributed by atoms with van der Waals surface area (Å²) in [7, 11) is 0. The predicted molar refractivity (Wildman–Crippen MR) is 71.1 cm³/mol. The Morgan fingerprint density at radius 1 is 0.652 bits per heavy atom. The van der Waals surface area contributed by atoms with Crippen LogP contribution in [0.15, 0.2) is 18.2 Å². The SMILES string of the molecule is O=C(O)C(=O)O.O=C(O)c1ccc(C(=O)O)c(C(=O)O)c1.[SrH2].[Ti]. The summed E-state index contributed by atoms with van der Waals surface area (Å²) < 4.78 is 0. The van der Waals surface area contributed by atoms with Gasteiger partial charge in [-0.25, -0.2) is 24.0 Å². The van der Waals surface area contributed by atoms with E-state index in [-0.39, 0.29) is 72.8 Å². The van der Waals surface area contributed by atoms with Crippen molar-refractivity contribution in [1.82, 2.24) is 0 Å². The summed E-state index contributed by atoms with van der Waals surface area (Å²) in [5, 5.41) is 40.7. The van der Waals surface area contributed by atoms with Crippen LogP contribution < -0.4 is 0 Å². The summed E-state index contributed by atoms with van der Waals surface area (Å²) >= 11 is 0. The molecule has 0 atom stereocenters. The van der Waals surface area contributed by atoms with E-state index in [1.165, 1.54) is 0 Å². The summed E-state index contributed by atoms with van der Waals surface area (Å²) in [6.45, 7) is 0. The van der Waals surface area contributed by atoms with E-state index in [1.807, 2.05) is 0 Å². The van der Waals surface area contributed by atoms with Gasteiger partial charge in [0.05, 0.1) is 16.7 Å². The van der Waals surface area contributed by atoms with Gasteiger partial charge in [0.2, 0.25) is 0 Å². The number of carbonyl (C=O) groups is 5. The van der Waals surface area contributed by atoms with Crippen molar-refractivity contribution in [2.45, 2.75) is 0 Å². The first kappa shape index (κ1) is 26.7. The molecule has 0 radical (unpaired) electrons. The van der Waals surface area contributed by atoms with E-state index in [0.717, 1.165) is 18.2 Å². The molecule has 0 aliphatic carbocycles. The molecule has 1 rings (SSSR count). The Morgan fingerprint density at radius 3 is 1.30 bits per heavy atom. The molecule has 1 aromatic carbocycles. The van der Waals surface area contributed by atoms with Gasteiger partial charge < -0.3 is 25.5 Å². The molecule has 23 heavy (non-hydrogen) atoms. The van der Waals surface area contributed by atoms with Crippen LogP contribution in [0, 0.1) is 0 Å². The normalized spacial score (nSPS) is 8.17. The van der Waals surface area contributed by atoms with Crippen LogP contribution in [-0.4, -0.2) is 101 Å². The Bertz CT molecular complexity index is 615. The van der Waals surface area contributed by atoms with Gasteiger partial charge in [0, 0.05) is 21.7 Å². The number of aromatic carboxylic acids is 3. The molecular formula is C11H10O10SrTi. The third-order valence-electron chi connectivity index (χ3n) is 1.91. The average Bonchev–Trinajstić information content (AvgIpc) is 2.38. The second-order valence-corrected chi connectivity index (χ2v) is 3.29. The third kappa shape index (κ3) is 9.48. The minimum atomic E-state index is -1.82. The Morgan fingerprint density at radius 2 is 1.04 bits per heavy atom. The number of carboxylic acids is 5. The second kappa shape index (κ2) is 12.2. The van der Waals surface area contributed by atoms with Crippen molar-refractivity contribution >= 4 is 75.3 Å². The molecule has 0 saturated carbocycles. The van der Waals surface area contributed by atoms with Crippen LogP contribution in [0.5, 0.6) is 0 Å². The van der Waals surface area contributed by atoms with Crippen molar-refractivity contribution in [3.05, 3.63) is 34.9 Å². The fraction of sp³-hybridized carbons (Fsp3) is 0. The molecule has 0 aliphatic rings. The van der Waals surface area contributed by atoms with E-state index < -0.39 is 41.0 Å². The van der Waals surface area contributed by atoms with Gasteiger partial charge in [0.1, 0.15) is 0 Å². The number of aliphatic carboxylic acids is 2. The molecule has 5 N–H and O–H groups in total. The van der Waals surface area contributed by atoms with Gasteiger partial charge in [-0.05, 0) is 18.2 Å². The molecule has 0 saturated heterocycles. The fourth-order valence-electron chi connectivity index (χ4n) is 1.04. The predicted octanol–water partition coefficient (Wildman–Crippen LogP) is -0.982. The molecule has 1 aromatic rings. The zero-order valence-corrected chi connectivity index (χ0v) is 12.1. The van der Waals surface area contributed by atoms with Crippen molar-refractivity contribution in [3.8, 4) is 0 Å². The summed E-state index contributed by atoms with van der Waals surface area (Å²) in [6, 6.07) is 2.81. The van der Waals surface area contributed by atoms with E-state index in [0.29, 0.717) is 0 Å². The van der Waals surface area contributed by atoms with Crippen LogP contribution in [0.1, 0.15) is 31.1 Å². The van der Waals surface area contributed by atoms with E-state index >= 15 is 0 Å². The third-order valence-corrected chi connectivity index (χ3v) is 1.91. The van der Waals surface area contributed by atoms with Crippen molar-refractivity contribution in [2.75, 3.05) is 0 Å². The molecule has 0 spiro atoms. The molecule has 0 unspecified atom stereocenters. The zero-order chi connectivity index (χ0) is 16.7. The van der Waals surface area contributed by atoms with Crippen LogP contribution in [0.2, 0.25) is 0 Å². The van der Waals surface area contributed by atoms with Gasteiger partial charge >= 0.3 is 75.3 Å². The van der Waals surface area contributed by atoms with Crippen LogP contribution in [-0.2, 0) is 31.3 Å². The molecule has 0 amide bonds. The average molecular weight is 438 g/mol. The summed E-state index contributed by atoms with van der Waals surface area (Å²) in [6.07, 6.45) is 0. The maximum absolute atomic E-state index is 10.6. The summed E-state index contributed by atoms with van der Waals surface area (Å²) in [4.78, 5) is 50.0. The molecule has 120 valence electrons. The first-order chi connectivity index (χ1) is 9.57. The number of hydrogen-bond donors (Lipinski definition) is 5. The van der Waals surface area contributed by atoms with Crippen LogP contribution >= 0.6 is 0 Å². The Balaban J connectivity index is -0.000000434. The first-order valence-electron chi connectivity index (χ1n) is 4.88. The first-order valence-corrected chi connectivity index (χ1v) is 4.88. The monoisotopic (exact) mass is 438 g/mol. The minimum absolute atomic E-state index is 0. The van der Waals surface area contributed by atoms with Crippen molar-refractivity contribution in [2.24, 2.45) is 0 Å². The molecular weight excluding hydrogens is 428 g/mol. The zero-order valence-electron chi connectivity index (χ0n) is 10.5. The van der Waals surface area contributed by atoms with E-state index in [1.54, 1.807) is 0 Å². The molecule has 0 aromatic heterocycles. The quantitative estimate of drug-likeness (QED) is 0.290. The Kier molecular flexibility index (Phi) is 14.2. The van der Waals surface area contributed by atoms with Gasteiger partial charge in [0.25, 0.3) is 0 Å². The summed E-state index contributed by atoms with van der Waals surface area (Å²) in [5.74, 6) is -7.85. The van der Waals surface area contributed by atoms with Gasteiger partial charge in [-0.2, -0.15) is 0 Å². The van der Waals surface area contributed by atoms with Crippen LogP contribution in [0.25, 0.3) is 0 Å². The largest absolute Gasteiger partial charge is 0 e. The van der Waals surface area contributed by atoms with Gasteiger partial charge in [-0.15, -0.1) is 0 Å². The standard InChI is InChI=1S/C9H6O6.C2H2O4.Sr.Ti.2H/c10-7(11)4-1-2-5(8(12)13)6(3-4)9(14)15;3-1(4)2(5)6;;;;/h1-3H,(H,10,11)(H,12,13)(H,14,15);(H,3,4)(H,5,6);;;;. The fourth-order valence-corrected chi connectivity index (χ4v) is 1.04. The maximum Gasteiger partial charge on any atom is 0 e. The molecule has 0 bridgehead atoms. The Labute approximate surface area is 179 Å². The van der Waals surface area contributed by atoms with Crippen molar-refractivity contribution < 1.29 is 71.2 Å².